The van der Waals surface area contributed by atoms with E-state index >= 15 is 0 Å². The normalized spacial score (nSPS) is 10.2. The highest BCUT2D eigenvalue weighted by atomic mass is 35.5. The molecule has 0 aliphatic heterocycles. The van der Waals surface area contributed by atoms with Crippen LogP contribution in [0, 0.1) is 0 Å². The van der Waals surface area contributed by atoms with E-state index in [0.29, 0.717) is 55.1 Å². The zero-order chi connectivity index (χ0) is 16.4. The van der Waals surface area contributed by atoms with E-state index in [9.17, 15) is 4.79 Å². The Bertz CT molecular complexity index is 452. The fourth-order valence-corrected chi connectivity index (χ4v) is 2.02. The van der Waals surface area contributed by atoms with Gasteiger partial charge in [-0.2, -0.15) is 0 Å². The van der Waals surface area contributed by atoms with Crippen molar-refractivity contribution >= 4 is 17.5 Å². The smallest absolute Gasteiger partial charge is 0.251 e. The molecule has 0 saturated heterocycles. The van der Waals surface area contributed by atoms with Gasteiger partial charge in [0.15, 0.2) is 11.5 Å². The number of hydrogen-bond acceptors (Lipinski definition) is 4. The predicted octanol–water partition coefficient (Wildman–Crippen LogP) is 3.24. The van der Waals surface area contributed by atoms with Crippen LogP contribution in [0.4, 0.5) is 0 Å². The van der Waals surface area contributed by atoms with Gasteiger partial charge in [-0.1, -0.05) is 0 Å². The molecule has 0 fully saturated rings. The van der Waals surface area contributed by atoms with Crippen LogP contribution in [-0.2, 0) is 0 Å². The van der Waals surface area contributed by atoms with Crippen LogP contribution in [0.2, 0.25) is 0 Å². The molecule has 5 nitrogen and oxygen atoms in total. The van der Waals surface area contributed by atoms with Crippen LogP contribution in [0.25, 0.3) is 0 Å². The topological polar surface area (TPSA) is 56.8 Å². The lowest BCUT2D eigenvalue weighted by Gasteiger charge is -2.17. The van der Waals surface area contributed by atoms with Crippen LogP contribution in [0.15, 0.2) is 12.1 Å². The number of hydrogen-bond donors (Lipinski definition) is 1. The van der Waals surface area contributed by atoms with Gasteiger partial charge in [0.25, 0.3) is 5.91 Å². The van der Waals surface area contributed by atoms with Crippen LogP contribution in [-0.4, -0.2) is 38.2 Å². The second-order valence-corrected chi connectivity index (χ2v) is 4.78. The minimum absolute atomic E-state index is 0.185. The third-order valence-corrected chi connectivity index (χ3v) is 3.03. The third kappa shape index (κ3) is 5.30. The Morgan fingerprint density at radius 3 is 2.05 bits per heavy atom. The monoisotopic (exact) mass is 329 g/mol. The van der Waals surface area contributed by atoms with E-state index in [1.807, 2.05) is 20.8 Å². The molecule has 0 aliphatic rings. The van der Waals surface area contributed by atoms with Crippen molar-refractivity contribution in [3.05, 3.63) is 17.7 Å². The first kappa shape index (κ1) is 18.4. The maximum Gasteiger partial charge on any atom is 0.251 e. The van der Waals surface area contributed by atoms with Crippen molar-refractivity contribution in [2.45, 2.75) is 27.2 Å². The maximum atomic E-state index is 12.2. The Balaban J connectivity index is 3.09. The SMILES string of the molecule is CCOc1cc(C(=O)NCCCCl)cc(OCC)c1OCC. The van der Waals surface area contributed by atoms with E-state index < -0.39 is 0 Å². The molecule has 0 bridgehead atoms. The molecule has 1 amide bonds. The van der Waals surface area contributed by atoms with E-state index in [1.54, 1.807) is 12.1 Å². The summed E-state index contributed by atoms with van der Waals surface area (Å²) < 4.78 is 16.8. The number of benzene rings is 1. The van der Waals surface area contributed by atoms with Crippen LogP contribution in [0.3, 0.4) is 0 Å². The Morgan fingerprint density at radius 1 is 1.05 bits per heavy atom. The summed E-state index contributed by atoms with van der Waals surface area (Å²) in [5.41, 5.74) is 0.477. The number of alkyl halides is 1. The molecule has 0 heterocycles. The molecular formula is C16H24ClNO4. The summed E-state index contributed by atoms with van der Waals surface area (Å²) in [6.07, 6.45) is 0.723. The van der Waals surface area contributed by atoms with Crippen LogP contribution < -0.4 is 19.5 Å². The number of rotatable bonds is 10. The maximum absolute atomic E-state index is 12.2. The van der Waals surface area contributed by atoms with Gasteiger partial charge >= 0.3 is 0 Å². The van der Waals surface area contributed by atoms with E-state index in [0.717, 1.165) is 6.42 Å². The molecule has 0 saturated carbocycles. The van der Waals surface area contributed by atoms with Gasteiger partial charge in [-0.3, -0.25) is 4.79 Å². The Kier molecular flexibility index (Phi) is 8.51. The minimum atomic E-state index is -0.185. The van der Waals surface area contributed by atoms with Crippen LogP contribution in [0.5, 0.6) is 17.2 Å². The lowest BCUT2D eigenvalue weighted by atomic mass is 10.1. The number of halogens is 1. The molecule has 0 spiro atoms. The predicted molar refractivity (Wildman–Crippen MR) is 87.6 cm³/mol. The quantitative estimate of drug-likeness (QED) is 0.529. The summed E-state index contributed by atoms with van der Waals surface area (Å²) in [7, 11) is 0. The fraction of sp³-hybridized carbons (Fsp3) is 0.562. The first-order chi connectivity index (χ1) is 10.7. The summed E-state index contributed by atoms with van der Waals surface area (Å²) in [5, 5.41) is 2.81. The second-order valence-electron chi connectivity index (χ2n) is 4.40. The van der Waals surface area contributed by atoms with Crippen molar-refractivity contribution < 1.29 is 19.0 Å². The van der Waals surface area contributed by atoms with Gasteiger partial charge in [0, 0.05) is 18.0 Å². The third-order valence-electron chi connectivity index (χ3n) is 2.77. The molecule has 0 atom stereocenters. The molecular weight excluding hydrogens is 306 g/mol. The van der Waals surface area contributed by atoms with Gasteiger partial charge < -0.3 is 19.5 Å². The lowest BCUT2D eigenvalue weighted by Crippen LogP contribution is -2.24. The minimum Gasteiger partial charge on any atom is -0.490 e. The standard InChI is InChI=1S/C16H24ClNO4/c1-4-20-13-10-12(16(19)18-9-7-8-17)11-14(21-5-2)15(13)22-6-3/h10-11H,4-9H2,1-3H3,(H,18,19). The molecule has 0 radical (unpaired) electrons. The number of carbonyl (C=O) groups is 1. The Hall–Kier alpha value is -1.62. The summed E-state index contributed by atoms with van der Waals surface area (Å²) in [6, 6.07) is 3.35. The van der Waals surface area contributed by atoms with Crippen molar-refractivity contribution in [1.29, 1.82) is 0 Å². The van der Waals surface area contributed by atoms with Gasteiger partial charge in [0.05, 0.1) is 19.8 Å². The zero-order valence-electron chi connectivity index (χ0n) is 13.4. The van der Waals surface area contributed by atoms with E-state index in [4.69, 9.17) is 25.8 Å². The first-order valence-electron chi connectivity index (χ1n) is 7.58. The van der Waals surface area contributed by atoms with Gasteiger partial charge in [0.2, 0.25) is 5.75 Å². The molecule has 124 valence electrons. The van der Waals surface area contributed by atoms with E-state index in [2.05, 4.69) is 5.32 Å². The second kappa shape index (κ2) is 10.2. The van der Waals surface area contributed by atoms with Crippen molar-refractivity contribution in [3.63, 3.8) is 0 Å². The van der Waals surface area contributed by atoms with Gasteiger partial charge in [-0.15, -0.1) is 11.6 Å². The van der Waals surface area contributed by atoms with Crippen LogP contribution >= 0.6 is 11.6 Å². The highest BCUT2D eigenvalue weighted by Crippen LogP contribution is 2.39. The van der Waals surface area contributed by atoms with E-state index in [-0.39, 0.29) is 5.91 Å². The fourth-order valence-electron chi connectivity index (χ4n) is 1.89. The Labute approximate surface area is 136 Å². The molecule has 6 heteroatoms. The molecule has 22 heavy (non-hydrogen) atoms. The largest absolute Gasteiger partial charge is 0.490 e. The number of amides is 1. The van der Waals surface area contributed by atoms with E-state index in [1.165, 1.54) is 0 Å². The van der Waals surface area contributed by atoms with Crippen molar-refractivity contribution in [3.8, 4) is 17.2 Å². The molecule has 1 aromatic rings. The van der Waals surface area contributed by atoms with Gasteiger partial charge in [-0.25, -0.2) is 0 Å². The number of carbonyl (C=O) groups excluding carboxylic acids is 1. The average molecular weight is 330 g/mol. The molecule has 0 unspecified atom stereocenters. The van der Waals surface area contributed by atoms with Crippen molar-refractivity contribution in [1.82, 2.24) is 5.32 Å². The zero-order valence-corrected chi connectivity index (χ0v) is 14.2. The molecule has 1 aromatic carbocycles. The van der Waals surface area contributed by atoms with Crippen molar-refractivity contribution in [2.24, 2.45) is 0 Å². The van der Waals surface area contributed by atoms with Gasteiger partial charge in [0.1, 0.15) is 0 Å². The highest BCUT2D eigenvalue weighted by Gasteiger charge is 2.18. The number of ether oxygens (including phenoxy) is 3. The molecule has 1 N–H and O–H groups in total. The summed E-state index contributed by atoms with van der Waals surface area (Å²) in [5.74, 6) is 1.88. The molecule has 0 aliphatic carbocycles. The molecule has 1 rings (SSSR count). The summed E-state index contributed by atoms with van der Waals surface area (Å²) >= 11 is 5.61. The van der Waals surface area contributed by atoms with Crippen LogP contribution in [0.1, 0.15) is 37.6 Å². The first-order valence-corrected chi connectivity index (χ1v) is 8.11. The van der Waals surface area contributed by atoms with Crippen molar-refractivity contribution in [2.75, 3.05) is 32.2 Å². The molecule has 0 aromatic heterocycles. The summed E-state index contributed by atoms with van der Waals surface area (Å²) in [4.78, 5) is 12.2. The summed E-state index contributed by atoms with van der Waals surface area (Å²) in [6.45, 7) is 7.61. The highest BCUT2D eigenvalue weighted by molar-refractivity contribution is 6.17. The average Bonchev–Trinajstić information content (AvgIpc) is 2.50. The number of nitrogens with one attached hydrogen (secondary N) is 1. The Morgan fingerprint density at radius 2 is 1.59 bits per heavy atom. The van der Waals surface area contributed by atoms with Gasteiger partial charge in [-0.05, 0) is 39.3 Å². The lowest BCUT2D eigenvalue weighted by molar-refractivity contribution is 0.0952.